The number of nitrogens with one attached hydrogen (secondary N) is 1. The van der Waals surface area contributed by atoms with Crippen LogP contribution in [0.4, 0.5) is 0 Å². The minimum absolute atomic E-state index is 0.159. The Hall–Kier alpha value is -1.77. The number of rotatable bonds is 1. The highest BCUT2D eigenvalue weighted by Crippen LogP contribution is 1.89. The van der Waals surface area contributed by atoms with E-state index in [0.717, 1.165) is 0 Å². The number of hydrogen-bond acceptors (Lipinski definition) is 1. The van der Waals surface area contributed by atoms with Gasteiger partial charge in [-0.3, -0.25) is 0 Å². The van der Waals surface area contributed by atoms with E-state index in [-0.39, 0.29) is 5.69 Å². The zero-order chi connectivity index (χ0) is 8.81. The zero-order valence-electron chi connectivity index (χ0n) is 6.40. The summed E-state index contributed by atoms with van der Waals surface area (Å²) >= 11 is 0. The van der Waals surface area contributed by atoms with Crippen molar-refractivity contribution < 1.29 is 9.90 Å². The summed E-state index contributed by atoms with van der Waals surface area (Å²) in [6.45, 7) is 0. The van der Waals surface area contributed by atoms with Crippen molar-refractivity contribution in [1.29, 1.82) is 0 Å². The number of carbonyl (C=O) groups is 1. The molecule has 1 rings (SSSR count). The van der Waals surface area contributed by atoms with Gasteiger partial charge in [-0.1, -0.05) is 24.3 Å². The van der Waals surface area contributed by atoms with Crippen molar-refractivity contribution >= 4 is 5.97 Å². The average Bonchev–Trinajstić information content (AvgIpc) is 2.15. The van der Waals surface area contributed by atoms with Gasteiger partial charge in [0.1, 0.15) is 5.69 Å². The predicted molar refractivity (Wildman–Crippen MR) is 45.4 cm³/mol. The van der Waals surface area contributed by atoms with E-state index in [0.29, 0.717) is 0 Å². The van der Waals surface area contributed by atoms with Crippen LogP contribution in [-0.4, -0.2) is 16.1 Å². The van der Waals surface area contributed by atoms with Gasteiger partial charge in [0, 0.05) is 6.20 Å². The molecule has 0 amide bonds. The maximum atomic E-state index is 10.5. The topological polar surface area (TPSA) is 53.1 Å². The van der Waals surface area contributed by atoms with Crippen LogP contribution in [0.2, 0.25) is 0 Å². The van der Waals surface area contributed by atoms with Crippen molar-refractivity contribution in [2.75, 3.05) is 0 Å². The molecule has 2 N–H and O–H groups in total. The fourth-order valence-corrected chi connectivity index (χ4v) is 0.719. The summed E-state index contributed by atoms with van der Waals surface area (Å²) in [5.74, 6) is -0.966. The molecule has 3 heteroatoms. The van der Waals surface area contributed by atoms with Crippen molar-refractivity contribution in [3.8, 4) is 0 Å². The van der Waals surface area contributed by atoms with E-state index in [1.54, 1.807) is 24.4 Å². The van der Waals surface area contributed by atoms with Gasteiger partial charge >= 0.3 is 5.97 Å². The minimum atomic E-state index is -0.966. The lowest BCUT2D eigenvalue weighted by molar-refractivity contribution is 0.0690. The van der Waals surface area contributed by atoms with Crippen molar-refractivity contribution in [3.63, 3.8) is 0 Å². The van der Waals surface area contributed by atoms with E-state index in [2.05, 4.69) is 4.98 Å². The van der Waals surface area contributed by atoms with Crippen molar-refractivity contribution in [1.82, 2.24) is 4.98 Å². The lowest BCUT2D eigenvalue weighted by Gasteiger charge is -1.86. The van der Waals surface area contributed by atoms with Gasteiger partial charge in [-0.05, 0) is 12.1 Å². The molecule has 0 saturated heterocycles. The minimum Gasteiger partial charge on any atom is -0.477 e. The molecule has 0 atom stereocenters. The molecule has 0 spiro atoms. The third kappa shape index (κ3) is 2.46. The third-order valence-electron chi connectivity index (χ3n) is 1.27. The zero-order valence-corrected chi connectivity index (χ0v) is 6.40. The second kappa shape index (κ2) is 4.18. The highest BCUT2D eigenvalue weighted by atomic mass is 16.4. The Kier molecular flexibility index (Phi) is 2.90. The Balaban J connectivity index is 3.19. The molecule has 0 aliphatic heterocycles. The smallest absolute Gasteiger partial charge is 0.352 e. The van der Waals surface area contributed by atoms with Crippen LogP contribution in [0, 0.1) is 0 Å². The van der Waals surface area contributed by atoms with Crippen LogP contribution in [0.15, 0.2) is 42.6 Å². The monoisotopic (exact) mass is 163 g/mol. The molecule has 0 saturated carbocycles. The molecule has 12 heavy (non-hydrogen) atoms. The molecule has 62 valence electrons. The first kappa shape index (κ1) is 8.33. The van der Waals surface area contributed by atoms with Crippen molar-refractivity contribution in [3.05, 3.63) is 48.3 Å². The van der Waals surface area contributed by atoms with Gasteiger partial charge in [0.05, 0.1) is 0 Å². The second-order valence-corrected chi connectivity index (χ2v) is 2.16. The van der Waals surface area contributed by atoms with Crippen LogP contribution >= 0.6 is 0 Å². The standard InChI is InChI=1S/C9H9NO2/c11-9(12)8-6-4-2-1-3-5-7-10-8/h1-7,10H,(H,11,12). The number of carboxylic acids is 1. The molecule has 1 aromatic rings. The molecule has 0 unspecified atom stereocenters. The molecule has 0 aliphatic carbocycles. The van der Waals surface area contributed by atoms with Crippen LogP contribution in [-0.2, 0) is 0 Å². The number of aromatic carboxylic acids is 1. The van der Waals surface area contributed by atoms with E-state index < -0.39 is 5.97 Å². The fourth-order valence-electron chi connectivity index (χ4n) is 0.719. The van der Waals surface area contributed by atoms with Crippen LogP contribution in [0.25, 0.3) is 0 Å². The van der Waals surface area contributed by atoms with Gasteiger partial charge in [0.15, 0.2) is 0 Å². The lowest BCUT2D eigenvalue weighted by atomic mass is 10.4. The molecular weight excluding hydrogens is 154 g/mol. The summed E-state index contributed by atoms with van der Waals surface area (Å²) in [5, 5.41) is 8.63. The van der Waals surface area contributed by atoms with Gasteiger partial charge in [-0.15, -0.1) is 0 Å². The van der Waals surface area contributed by atoms with Gasteiger partial charge in [0.25, 0.3) is 0 Å². The summed E-state index contributed by atoms with van der Waals surface area (Å²) in [6.07, 6.45) is 1.57. The Morgan fingerprint density at radius 3 is 2.58 bits per heavy atom. The van der Waals surface area contributed by atoms with E-state index in [9.17, 15) is 4.79 Å². The van der Waals surface area contributed by atoms with E-state index in [1.165, 1.54) is 6.07 Å². The molecule has 1 aromatic heterocycles. The van der Waals surface area contributed by atoms with Gasteiger partial charge in [-0.25, -0.2) is 4.79 Å². The van der Waals surface area contributed by atoms with Gasteiger partial charge in [0.2, 0.25) is 0 Å². The molecule has 0 aromatic carbocycles. The predicted octanol–water partition coefficient (Wildman–Crippen LogP) is 1.84. The van der Waals surface area contributed by atoms with Crippen molar-refractivity contribution in [2.24, 2.45) is 0 Å². The van der Waals surface area contributed by atoms with Crippen LogP contribution < -0.4 is 0 Å². The van der Waals surface area contributed by atoms with E-state index in [4.69, 9.17) is 5.11 Å². The van der Waals surface area contributed by atoms with E-state index >= 15 is 0 Å². The lowest BCUT2D eigenvalue weighted by Crippen LogP contribution is -1.96. The highest BCUT2D eigenvalue weighted by molar-refractivity contribution is 5.84. The average molecular weight is 163 g/mol. The Morgan fingerprint density at radius 2 is 1.83 bits per heavy atom. The van der Waals surface area contributed by atoms with Crippen molar-refractivity contribution in [2.45, 2.75) is 0 Å². The molecule has 3 nitrogen and oxygen atoms in total. The van der Waals surface area contributed by atoms with Crippen LogP contribution in [0.5, 0.6) is 0 Å². The second-order valence-electron chi connectivity index (χ2n) is 2.16. The van der Waals surface area contributed by atoms with Crippen LogP contribution in [0.3, 0.4) is 0 Å². The summed E-state index contributed by atoms with van der Waals surface area (Å²) < 4.78 is 0. The Labute approximate surface area is 70.0 Å². The molecule has 0 bridgehead atoms. The summed E-state index contributed by atoms with van der Waals surface area (Å²) in [7, 11) is 0. The number of carboxylic acid groups (broad SMARTS) is 1. The first-order valence-electron chi connectivity index (χ1n) is 3.51. The molecular formula is C9H9NO2. The molecule has 0 aliphatic rings. The highest BCUT2D eigenvalue weighted by Gasteiger charge is 1.96. The molecule has 1 heterocycles. The van der Waals surface area contributed by atoms with E-state index in [1.807, 2.05) is 12.1 Å². The van der Waals surface area contributed by atoms with Crippen LogP contribution in [0.1, 0.15) is 10.5 Å². The summed E-state index contributed by atoms with van der Waals surface area (Å²) in [4.78, 5) is 13.2. The van der Waals surface area contributed by atoms with Gasteiger partial charge < -0.3 is 10.1 Å². The maximum Gasteiger partial charge on any atom is 0.352 e. The third-order valence-corrected chi connectivity index (χ3v) is 1.27. The summed E-state index contributed by atoms with van der Waals surface area (Å²) in [5.41, 5.74) is 0.159. The van der Waals surface area contributed by atoms with Gasteiger partial charge in [-0.2, -0.15) is 0 Å². The number of aromatic nitrogens is 1. The number of hydrogen-bond donors (Lipinski definition) is 2. The Morgan fingerprint density at radius 1 is 1.17 bits per heavy atom. The fraction of sp³-hybridized carbons (Fsp3) is 0. The largest absolute Gasteiger partial charge is 0.477 e. The normalized spacial score (nSPS) is 8.67. The Bertz CT molecular complexity index is 292. The first-order chi connectivity index (χ1) is 5.80. The quantitative estimate of drug-likeness (QED) is 0.663. The molecule has 0 fully saturated rings. The maximum absolute atomic E-state index is 10.5. The molecule has 0 radical (unpaired) electrons. The first-order valence-corrected chi connectivity index (χ1v) is 3.51. The SMILES string of the molecule is O=C(O)c1ccccccc[nH]1. The number of H-pyrrole nitrogens is 1. The number of aromatic amines is 1. The summed E-state index contributed by atoms with van der Waals surface area (Å²) in [6, 6.07) is 10.3.